The van der Waals surface area contributed by atoms with Gasteiger partial charge in [-0.05, 0) is 36.8 Å². The van der Waals surface area contributed by atoms with Crippen LogP contribution in [-0.4, -0.2) is 45.7 Å². The summed E-state index contributed by atoms with van der Waals surface area (Å²) >= 11 is 0. The van der Waals surface area contributed by atoms with Crippen molar-refractivity contribution >= 4 is 11.9 Å². The summed E-state index contributed by atoms with van der Waals surface area (Å²) in [6.07, 6.45) is 7.61. The zero-order chi connectivity index (χ0) is 18.0. The molecule has 7 nitrogen and oxygen atoms in total. The van der Waals surface area contributed by atoms with Gasteiger partial charge in [-0.15, -0.1) is 0 Å². The summed E-state index contributed by atoms with van der Waals surface area (Å²) in [5.74, 6) is 1.28. The van der Waals surface area contributed by atoms with Crippen LogP contribution in [0, 0.1) is 5.41 Å². The molecule has 0 aromatic carbocycles. The highest BCUT2D eigenvalue weighted by atomic mass is 16.5. The number of aliphatic imine (C=N–C) groups is 1. The number of methoxy groups -OCH3 is 1. The van der Waals surface area contributed by atoms with E-state index in [1.165, 1.54) is 25.7 Å². The van der Waals surface area contributed by atoms with Crippen LogP contribution in [0.3, 0.4) is 0 Å². The zero-order valence-electron chi connectivity index (χ0n) is 15.3. The van der Waals surface area contributed by atoms with Crippen molar-refractivity contribution in [3.63, 3.8) is 0 Å². The Balaban J connectivity index is 1.71. The van der Waals surface area contributed by atoms with Gasteiger partial charge in [0, 0.05) is 27.3 Å². The van der Waals surface area contributed by atoms with E-state index >= 15 is 0 Å². The summed E-state index contributed by atoms with van der Waals surface area (Å²) in [5, 5.41) is 9.24. The second kappa shape index (κ2) is 10.1. The number of ether oxygens (including phenoxy) is 1. The first kappa shape index (κ1) is 19.3. The number of rotatable bonds is 9. The topological polar surface area (TPSA) is 87.9 Å². The summed E-state index contributed by atoms with van der Waals surface area (Å²) in [5.41, 5.74) is 0.273. The predicted octanol–water partition coefficient (Wildman–Crippen LogP) is 1.66. The van der Waals surface area contributed by atoms with Crippen molar-refractivity contribution in [2.75, 3.05) is 33.9 Å². The van der Waals surface area contributed by atoms with Gasteiger partial charge in [0.1, 0.15) is 5.76 Å². The van der Waals surface area contributed by atoms with Gasteiger partial charge in [-0.3, -0.25) is 9.79 Å². The van der Waals surface area contributed by atoms with Crippen LogP contribution in [-0.2, 0) is 16.1 Å². The molecule has 1 amide bonds. The number of nitrogens with one attached hydrogen (secondary N) is 3. The molecule has 1 heterocycles. The Bertz CT molecular complexity index is 537. The van der Waals surface area contributed by atoms with Crippen LogP contribution in [0.15, 0.2) is 27.8 Å². The van der Waals surface area contributed by atoms with E-state index in [2.05, 4.69) is 20.9 Å². The van der Waals surface area contributed by atoms with E-state index in [-0.39, 0.29) is 17.9 Å². The van der Waals surface area contributed by atoms with Gasteiger partial charge in [0.15, 0.2) is 5.96 Å². The zero-order valence-corrected chi connectivity index (χ0v) is 15.3. The molecule has 1 aromatic heterocycles. The lowest BCUT2D eigenvalue weighted by atomic mass is 9.83. The van der Waals surface area contributed by atoms with Gasteiger partial charge in [-0.2, -0.15) is 0 Å². The molecular weight excluding hydrogens is 320 g/mol. The van der Waals surface area contributed by atoms with Gasteiger partial charge in [0.05, 0.1) is 19.4 Å². The van der Waals surface area contributed by atoms with Crippen molar-refractivity contribution < 1.29 is 13.9 Å². The number of amides is 1. The summed E-state index contributed by atoms with van der Waals surface area (Å²) in [6.45, 7) is 2.19. The standard InChI is InChI=1S/C18H30N4O3/c1-19-17(21-13-16(23)20-12-15-6-5-10-25-15)22-14-18(9-11-24-2)7-3-4-8-18/h5-6,10H,3-4,7-9,11-14H2,1-2H3,(H,20,23)(H2,19,21,22). The fourth-order valence-corrected chi connectivity index (χ4v) is 3.28. The van der Waals surface area contributed by atoms with Crippen LogP contribution in [0.4, 0.5) is 0 Å². The Hall–Kier alpha value is -2.02. The minimum absolute atomic E-state index is 0.102. The third-order valence-electron chi connectivity index (χ3n) is 4.81. The van der Waals surface area contributed by atoms with Crippen LogP contribution in [0.25, 0.3) is 0 Å². The Morgan fingerprint density at radius 3 is 2.76 bits per heavy atom. The maximum absolute atomic E-state index is 11.9. The van der Waals surface area contributed by atoms with Crippen LogP contribution in [0.2, 0.25) is 0 Å². The van der Waals surface area contributed by atoms with Crippen molar-refractivity contribution in [2.45, 2.75) is 38.6 Å². The van der Waals surface area contributed by atoms with Crippen molar-refractivity contribution in [2.24, 2.45) is 10.4 Å². The average molecular weight is 350 g/mol. The Morgan fingerprint density at radius 2 is 2.12 bits per heavy atom. The maximum atomic E-state index is 11.9. The average Bonchev–Trinajstić information content (AvgIpc) is 3.31. The molecule has 140 valence electrons. The Kier molecular flexibility index (Phi) is 7.78. The normalized spacial score (nSPS) is 16.6. The van der Waals surface area contributed by atoms with Crippen molar-refractivity contribution in [1.82, 2.24) is 16.0 Å². The van der Waals surface area contributed by atoms with E-state index in [4.69, 9.17) is 9.15 Å². The molecule has 7 heteroatoms. The number of hydrogen-bond acceptors (Lipinski definition) is 4. The third-order valence-corrected chi connectivity index (χ3v) is 4.81. The van der Waals surface area contributed by atoms with E-state index in [0.717, 1.165) is 25.3 Å². The first-order valence-electron chi connectivity index (χ1n) is 8.90. The predicted molar refractivity (Wildman–Crippen MR) is 97.3 cm³/mol. The van der Waals surface area contributed by atoms with Crippen molar-refractivity contribution in [1.29, 1.82) is 0 Å². The van der Waals surface area contributed by atoms with E-state index in [1.54, 1.807) is 26.5 Å². The van der Waals surface area contributed by atoms with Crippen LogP contribution in [0.5, 0.6) is 0 Å². The fraction of sp³-hybridized carbons (Fsp3) is 0.667. The molecule has 0 spiro atoms. The number of carbonyl (C=O) groups is 1. The second-order valence-electron chi connectivity index (χ2n) is 6.59. The highest BCUT2D eigenvalue weighted by Gasteiger charge is 2.33. The van der Waals surface area contributed by atoms with E-state index < -0.39 is 0 Å². The molecule has 0 saturated heterocycles. The molecule has 1 aliphatic rings. The lowest BCUT2D eigenvalue weighted by Crippen LogP contribution is -2.46. The third kappa shape index (κ3) is 6.42. The molecule has 1 saturated carbocycles. The number of hydrogen-bond donors (Lipinski definition) is 3. The number of nitrogens with zero attached hydrogens (tertiary/aromatic N) is 1. The number of furan rings is 1. The number of carbonyl (C=O) groups excluding carboxylic acids is 1. The molecule has 2 rings (SSSR count). The van der Waals surface area contributed by atoms with Crippen LogP contribution >= 0.6 is 0 Å². The molecule has 0 unspecified atom stereocenters. The summed E-state index contributed by atoms with van der Waals surface area (Å²) in [7, 11) is 3.46. The van der Waals surface area contributed by atoms with Gasteiger partial charge in [-0.1, -0.05) is 12.8 Å². The molecule has 0 atom stereocenters. The molecule has 0 radical (unpaired) electrons. The van der Waals surface area contributed by atoms with Gasteiger partial charge >= 0.3 is 0 Å². The molecule has 0 aliphatic heterocycles. The highest BCUT2D eigenvalue weighted by Crippen LogP contribution is 2.40. The summed E-state index contributed by atoms with van der Waals surface area (Å²) in [4.78, 5) is 16.1. The quantitative estimate of drug-likeness (QED) is 0.466. The highest BCUT2D eigenvalue weighted by molar-refractivity contribution is 5.86. The first-order chi connectivity index (χ1) is 12.2. The minimum atomic E-state index is -0.102. The van der Waals surface area contributed by atoms with Gasteiger partial charge in [0.2, 0.25) is 5.91 Å². The van der Waals surface area contributed by atoms with E-state index in [9.17, 15) is 4.79 Å². The van der Waals surface area contributed by atoms with Gasteiger partial charge in [-0.25, -0.2) is 0 Å². The Labute approximate surface area is 149 Å². The molecule has 1 aromatic rings. The first-order valence-corrected chi connectivity index (χ1v) is 8.90. The molecule has 3 N–H and O–H groups in total. The van der Waals surface area contributed by atoms with E-state index in [0.29, 0.717) is 12.5 Å². The van der Waals surface area contributed by atoms with E-state index in [1.807, 2.05) is 6.07 Å². The van der Waals surface area contributed by atoms with Crippen LogP contribution in [0.1, 0.15) is 37.9 Å². The monoisotopic (exact) mass is 350 g/mol. The lowest BCUT2D eigenvalue weighted by Gasteiger charge is -2.29. The maximum Gasteiger partial charge on any atom is 0.239 e. The molecule has 25 heavy (non-hydrogen) atoms. The SMILES string of the molecule is CN=C(NCC(=O)NCc1ccco1)NCC1(CCOC)CCCC1. The molecular formula is C18H30N4O3. The molecule has 0 bridgehead atoms. The Morgan fingerprint density at radius 1 is 1.32 bits per heavy atom. The summed E-state index contributed by atoms with van der Waals surface area (Å²) in [6, 6.07) is 3.63. The van der Waals surface area contributed by atoms with Gasteiger partial charge in [0.25, 0.3) is 0 Å². The largest absolute Gasteiger partial charge is 0.467 e. The van der Waals surface area contributed by atoms with Crippen LogP contribution < -0.4 is 16.0 Å². The molecule has 1 aliphatic carbocycles. The second-order valence-corrected chi connectivity index (χ2v) is 6.59. The minimum Gasteiger partial charge on any atom is -0.467 e. The lowest BCUT2D eigenvalue weighted by molar-refractivity contribution is -0.120. The van der Waals surface area contributed by atoms with Gasteiger partial charge < -0.3 is 25.1 Å². The fourth-order valence-electron chi connectivity index (χ4n) is 3.28. The smallest absolute Gasteiger partial charge is 0.239 e. The number of guanidine groups is 1. The molecule has 1 fully saturated rings. The van der Waals surface area contributed by atoms with Crippen molar-refractivity contribution in [3.8, 4) is 0 Å². The van der Waals surface area contributed by atoms with Crippen molar-refractivity contribution in [3.05, 3.63) is 24.2 Å². The summed E-state index contributed by atoms with van der Waals surface area (Å²) < 4.78 is 10.5.